The van der Waals surface area contributed by atoms with E-state index in [4.69, 9.17) is 9.15 Å². The van der Waals surface area contributed by atoms with Gasteiger partial charge in [-0.2, -0.15) is 0 Å². The SMILES string of the molecule is CCOc1ccc(C(=O)CCC(=O)N(C)CC(=O)NCc2ccco2)cc1. The molecule has 0 atom stereocenters. The van der Waals surface area contributed by atoms with Crippen molar-refractivity contribution in [2.45, 2.75) is 26.3 Å². The van der Waals surface area contributed by atoms with Crippen molar-refractivity contribution in [1.29, 1.82) is 0 Å². The predicted octanol–water partition coefficient (Wildman–Crippen LogP) is 2.42. The molecule has 7 heteroatoms. The maximum absolute atomic E-state index is 12.2. The number of amides is 2. The van der Waals surface area contributed by atoms with Gasteiger partial charge in [0.1, 0.15) is 11.5 Å². The molecule has 2 rings (SSSR count). The summed E-state index contributed by atoms with van der Waals surface area (Å²) in [5.41, 5.74) is 0.532. The van der Waals surface area contributed by atoms with Gasteiger partial charge in [-0.25, -0.2) is 0 Å². The van der Waals surface area contributed by atoms with Gasteiger partial charge in [-0.15, -0.1) is 0 Å². The number of hydrogen-bond acceptors (Lipinski definition) is 5. The number of ketones is 1. The fourth-order valence-electron chi connectivity index (χ4n) is 2.42. The fourth-order valence-corrected chi connectivity index (χ4v) is 2.42. The maximum Gasteiger partial charge on any atom is 0.239 e. The molecule has 0 aliphatic heterocycles. The van der Waals surface area contributed by atoms with Gasteiger partial charge in [0.05, 0.1) is 26.0 Å². The molecule has 2 aromatic rings. The van der Waals surface area contributed by atoms with Crippen LogP contribution in [0.4, 0.5) is 0 Å². The Kier molecular flexibility index (Phi) is 7.61. The minimum absolute atomic E-state index is 0.0496. The summed E-state index contributed by atoms with van der Waals surface area (Å²) < 4.78 is 10.5. The first-order valence-corrected chi connectivity index (χ1v) is 8.78. The van der Waals surface area contributed by atoms with E-state index in [1.54, 1.807) is 36.4 Å². The van der Waals surface area contributed by atoms with Crippen LogP contribution in [0.15, 0.2) is 47.1 Å². The highest BCUT2D eigenvalue weighted by Gasteiger charge is 2.15. The van der Waals surface area contributed by atoms with E-state index < -0.39 is 0 Å². The molecular weight excluding hydrogens is 348 g/mol. The first-order valence-electron chi connectivity index (χ1n) is 8.78. The minimum atomic E-state index is -0.292. The van der Waals surface area contributed by atoms with Crippen LogP contribution >= 0.6 is 0 Å². The third-order valence-electron chi connectivity index (χ3n) is 3.90. The maximum atomic E-state index is 12.2. The number of carbonyl (C=O) groups is 3. The van der Waals surface area contributed by atoms with Gasteiger partial charge in [0.25, 0.3) is 0 Å². The van der Waals surface area contributed by atoms with Crippen LogP contribution in [0.2, 0.25) is 0 Å². The molecule has 0 radical (unpaired) electrons. The minimum Gasteiger partial charge on any atom is -0.494 e. The van der Waals surface area contributed by atoms with Gasteiger partial charge >= 0.3 is 0 Å². The van der Waals surface area contributed by atoms with Crippen molar-refractivity contribution < 1.29 is 23.5 Å². The zero-order chi connectivity index (χ0) is 19.6. The topological polar surface area (TPSA) is 88.9 Å². The number of Topliss-reactive ketones (excluding diaryl/α,β-unsaturated/α-hetero) is 1. The molecule has 0 fully saturated rings. The Morgan fingerprint density at radius 3 is 2.48 bits per heavy atom. The normalized spacial score (nSPS) is 10.3. The van der Waals surface area contributed by atoms with Crippen molar-refractivity contribution >= 4 is 17.6 Å². The van der Waals surface area contributed by atoms with Crippen molar-refractivity contribution in [3.63, 3.8) is 0 Å². The molecule has 0 saturated carbocycles. The average molecular weight is 372 g/mol. The first-order chi connectivity index (χ1) is 13.0. The number of nitrogens with zero attached hydrogens (tertiary/aromatic N) is 1. The number of hydrogen-bond donors (Lipinski definition) is 1. The Hall–Kier alpha value is -3.09. The molecule has 1 aromatic carbocycles. The molecule has 0 saturated heterocycles. The van der Waals surface area contributed by atoms with E-state index in [1.807, 2.05) is 6.92 Å². The Labute approximate surface area is 158 Å². The van der Waals surface area contributed by atoms with E-state index in [2.05, 4.69) is 5.32 Å². The molecule has 2 amide bonds. The van der Waals surface area contributed by atoms with Crippen molar-refractivity contribution in [3.8, 4) is 5.75 Å². The van der Waals surface area contributed by atoms with Gasteiger partial charge in [-0.3, -0.25) is 14.4 Å². The van der Waals surface area contributed by atoms with Gasteiger partial charge in [0, 0.05) is 25.5 Å². The smallest absolute Gasteiger partial charge is 0.239 e. The highest BCUT2D eigenvalue weighted by atomic mass is 16.5. The molecule has 144 valence electrons. The number of benzene rings is 1. The second-order valence-corrected chi connectivity index (χ2v) is 5.99. The molecule has 0 bridgehead atoms. The fraction of sp³-hybridized carbons (Fsp3) is 0.350. The largest absolute Gasteiger partial charge is 0.494 e. The Morgan fingerprint density at radius 2 is 1.85 bits per heavy atom. The number of likely N-dealkylation sites (N-methyl/N-ethyl adjacent to an activating group) is 1. The lowest BCUT2D eigenvalue weighted by molar-refractivity contribution is -0.134. The van der Waals surface area contributed by atoms with Crippen molar-refractivity contribution in [1.82, 2.24) is 10.2 Å². The van der Waals surface area contributed by atoms with Crippen molar-refractivity contribution in [3.05, 3.63) is 54.0 Å². The average Bonchev–Trinajstić information content (AvgIpc) is 3.18. The monoisotopic (exact) mass is 372 g/mol. The molecule has 1 aromatic heterocycles. The quantitative estimate of drug-likeness (QED) is 0.647. The molecule has 0 unspecified atom stereocenters. The van der Waals surface area contributed by atoms with Gasteiger partial charge in [0.15, 0.2) is 5.78 Å². The zero-order valence-electron chi connectivity index (χ0n) is 15.6. The van der Waals surface area contributed by atoms with Crippen molar-refractivity contribution in [2.24, 2.45) is 0 Å². The third kappa shape index (κ3) is 6.62. The number of nitrogens with one attached hydrogen (secondary N) is 1. The molecule has 0 spiro atoms. The third-order valence-corrected chi connectivity index (χ3v) is 3.90. The summed E-state index contributed by atoms with van der Waals surface area (Å²) in [4.78, 5) is 37.5. The number of carbonyl (C=O) groups excluding carboxylic acids is 3. The molecular formula is C20H24N2O5. The second-order valence-electron chi connectivity index (χ2n) is 5.99. The summed E-state index contributed by atoms with van der Waals surface area (Å²) in [7, 11) is 1.54. The Morgan fingerprint density at radius 1 is 1.11 bits per heavy atom. The summed E-state index contributed by atoms with van der Waals surface area (Å²) in [6.45, 7) is 2.64. The highest BCUT2D eigenvalue weighted by molar-refractivity contribution is 5.98. The molecule has 0 aliphatic rings. The lowest BCUT2D eigenvalue weighted by Gasteiger charge is -2.16. The molecule has 0 aliphatic carbocycles. The van der Waals surface area contributed by atoms with Crippen LogP contribution in [0.1, 0.15) is 35.9 Å². The van der Waals surface area contributed by atoms with Crippen LogP contribution in [0.5, 0.6) is 5.75 Å². The molecule has 27 heavy (non-hydrogen) atoms. The van der Waals surface area contributed by atoms with Gasteiger partial charge in [0.2, 0.25) is 11.8 Å². The van der Waals surface area contributed by atoms with E-state index >= 15 is 0 Å². The van der Waals surface area contributed by atoms with Crippen LogP contribution < -0.4 is 10.1 Å². The summed E-state index contributed by atoms with van der Waals surface area (Å²) in [6.07, 6.45) is 1.66. The van der Waals surface area contributed by atoms with E-state index in [9.17, 15) is 14.4 Å². The standard InChI is InChI=1S/C20H24N2O5/c1-3-26-16-8-6-15(7-9-16)18(23)10-11-20(25)22(2)14-19(24)21-13-17-5-4-12-27-17/h4-9,12H,3,10-11,13-14H2,1-2H3,(H,21,24). The Bertz CT molecular complexity index is 753. The second kappa shape index (κ2) is 10.2. The molecule has 7 nitrogen and oxygen atoms in total. The highest BCUT2D eigenvalue weighted by Crippen LogP contribution is 2.14. The Balaban J connectivity index is 1.73. The van der Waals surface area contributed by atoms with E-state index in [0.29, 0.717) is 23.7 Å². The van der Waals surface area contributed by atoms with Gasteiger partial charge in [-0.1, -0.05) is 0 Å². The summed E-state index contributed by atoms with van der Waals surface area (Å²) in [5, 5.41) is 2.67. The number of rotatable bonds is 10. The van der Waals surface area contributed by atoms with E-state index in [1.165, 1.54) is 18.2 Å². The lowest BCUT2D eigenvalue weighted by atomic mass is 10.1. The van der Waals surface area contributed by atoms with Crippen LogP contribution in [-0.2, 0) is 16.1 Å². The van der Waals surface area contributed by atoms with Crippen LogP contribution in [0.3, 0.4) is 0 Å². The molecule has 1 heterocycles. The van der Waals surface area contributed by atoms with E-state index in [0.717, 1.165) is 0 Å². The number of furan rings is 1. The van der Waals surface area contributed by atoms with Crippen molar-refractivity contribution in [2.75, 3.05) is 20.2 Å². The van der Waals surface area contributed by atoms with Gasteiger partial charge < -0.3 is 19.4 Å². The van der Waals surface area contributed by atoms with E-state index in [-0.39, 0.29) is 43.5 Å². The van der Waals surface area contributed by atoms with Crippen LogP contribution in [0.25, 0.3) is 0 Å². The summed E-state index contributed by atoms with van der Waals surface area (Å²) in [6, 6.07) is 10.3. The number of ether oxygens (including phenoxy) is 1. The van der Waals surface area contributed by atoms with Gasteiger partial charge in [-0.05, 0) is 43.3 Å². The predicted molar refractivity (Wildman–Crippen MR) is 99.4 cm³/mol. The first kappa shape index (κ1) is 20.2. The molecule has 1 N–H and O–H groups in total. The van der Waals surface area contributed by atoms with Crippen LogP contribution in [-0.4, -0.2) is 42.7 Å². The summed E-state index contributed by atoms with van der Waals surface area (Å²) in [5.74, 6) is 0.660. The van der Waals surface area contributed by atoms with Crippen LogP contribution in [0, 0.1) is 0 Å². The summed E-state index contributed by atoms with van der Waals surface area (Å²) >= 11 is 0. The zero-order valence-corrected chi connectivity index (χ0v) is 15.6. The lowest BCUT2D eigenvalue weighted by Crippen LogP contribution is -2.38.